The van der Waals surface area contributed by atoms with Gasteiger partial charge in [0.1, 0.15) is 5.75 Å². The summed E-state index contributed by atoms with van der Waals surface area (Å²) >= 11 is 0. The summed E-state index contributed by atoms with van der Waals surface area (Å²) in [6, 6.07) is 22.0. The van der Waals surface area contributed by atoms with Crippen molar-refractivity contribution in [3.05, 3.63) is 95.6 Å². The van der Waals surface area contributed by atoms with E-state index in [-0.39, 0.29) is 23.5 Å². The molecule has 0 bridgehead atoms. The lowest BCUT2D eigenvalue weighted by Crippen LogP contribution is -2.30. The number of aromatic carboxylic acids is 1. The molecular formula is C24H25NO5S. The van der Waals surface area contributed by atoms with Gasteiger partial charge in [0, 0.05) is 13.1 Å². The zero-order valence-electron chi connectivity index (χ0n) is 17.3. The lowest BCUT2D eigenvalue weighted by Gasteiger charge is -2.23. The molecular weight excluding hydrogens is 414 g/mol. The normalized spacial score (nSPS) is 11.4. The van der Waals surface area contributed by atoms with Crippen LogP contribution in [0, 0.1) is 0 Å². The molecule has 0 unspecified atom stereocenters. The van der Waals surface area contributed by atoms with Gasteiger partial charge in [-0.25, -0.2) is 13.2 Å². The van der Waals surface area contributed by atoms with Crippen LogP contribution in [0.4, 0.5) is 0 Å². The first-order chi connectivity index (χ1) is 14.9. The summed E-state index contributed by atoms with van der Waals surface area (Å²) < 4.78 is 33.8. The van der Waals surface area contributed by atoms with Gasteiger partial charge in [0.15, 0.2) is 0 Å². The number of sulfonamides is 1. The number of carboxylic acids is 1. The molecule has 0 atom stereocenters. The maximum atomic E-state index is 13.4. The van der Waals surface area contributed by atoms with Crippen LogP contribution in [0.15, 0.2) is 83.8 Å². The van der Waals surface area contributed by atoms with E-state index in [0.717, 1.165) is 23.3 Å². The third-order valence-electron chi connectivity index (χ3n) is 4.70. The molecule has 0 aliphatic rings. The molecule has 6 nitrogen and oxygen atoms in total. The number of carbonyl (C=O) groups is 1. The van der Waals surface area contributed by atoms with Crippen molar-refractivity contribution >= 4 is 16.0 Å². The van der Waals surface area contributed by atoms with E-state index in [0.29, 0.717) is 6.61 Å². The first-order valence-corrected chi connectivity index (χ1v) is 11.4. The second-order valence-electron chi connectivity index (χ2n) is 7.08. The standard InChI is InChI=1S/C24H25NO5S/c1-2-16-30-22-12-8-20(9-13-22)18-25(17-19-6-4-3-5-7-19)31(28,29)23-14-10-21(11-15-23)24(26)27/h3-15H,2,16-18H2,1H3,(H,26,27). The highest BCUT2D eigenvalue weighted by molar-refractivity contribution is 7.89. The van der Waals surface area contributed by atoms with Gasteiger partial charge in [0.05, 0.1) is 17.1 Å². The van der Waals surface area contributed by atoms with Crippen molar-refractivity contribution in [2.24, 2.45) is 0 Å². The highest BCUT2D eigenvalue weighted by Gasteiger charge is 2.25. The van der Waals surface area contributed by atoms with Crippen molar-refractivity contribution in [2.45, 2.75) is 31.3 Å². The van der Waals surface area contributed by atoms with Gasteiger partial charge in [0.25, 0.3) is 0 Å². The Labute approximate surface area is 182 Å². The fraction of sp³-hybridized carbons (Fsp3) is 0.208. The average molecular weight is 440 g/mol. The summed E-state index contributed by atoms with van der Waals surface area (Å²) in [6.45, 7) is 3.02. The highest BCUT2D eigenvalue weighted by Crippen LogP contribution is 2.23. The van der Waals surface area contributed by atoms with Crippen molar-refractivity contribution in [2.75, 3.05) is 6.61 Å². The molecule has 3 rings (SSSR count). The Morgan fingerprint density at radius 1 is 0.871 bits per heavy atom. The molecule has 1 N–H and O–H groups in total. The summed E-state index contributed by atoms with van der Waals surface area (Å²) in [5, 5.41) is 9.08. The highest BCUT2D eigenvalue weighted by atomic mass is 32.2. The van der Waals surface area contributed by atoms with E-state index in [1.54, 1.807) is 0 Å². The molecule has 0 amide bonds. The third-order valence-corrected chi connectivity index (χ3v) is 6.50. The number of hydrogen-bond acceptors (Lipinski definition) is 4. The Kier molecular flexibility index (Phi) is 7.44. The van der Waals surface area contributed by atoms with Crippen molar-refractivity contribution in [1.29, 1.82) is 0 Å². The van der Waals surface area contributed by atoms with Gasteiger partial charge in [-0.15, -0.1) is 0 Å². The predicted molar refractivity (Wildman–Crippen MR) is 119 cm³/mol. The SMILES string of the molecule is CCCOc1ccc(CN(Cc2ccccc2)S(=O)(=O)c2ccc(C(=O)O)cc2)cc1. The lowest BCUT2D eigenvalue weighted by atomic mass is 10.2. The van der Waals surface area contributed by atoms with Gasteiger partial charge < -0.3 is 9.84 Å². The van der Waals surface area contributed by atoms with E-state index in [9.17, 15) is 13.2 Å². The molecule has 162 valence electrons. The largest absolute Gasteiger partial charge is 0.494 e. The van der Waals surface area contributed by atoms with Crippen LogP contribution < -0.4 is 4.74 Å². The Hall–Kier alpha value is -3.16. The molecule has 3 aromatic rings. The summed E-state index contributed by atoms with van der Waals surface area (Å²) in [4.78, 5) is 11.2. The monoisotopic (exact) mass is 439 g/mol. The molecule has 0 fully saturated rings. The maximum Gasteiger partial charge on any atom is 0.335 e. The molecule has 0 aromatic heterocycles. The van der Waals surface area contributed by atoms with Crippen LogP contribution in [0.3, 0.4) is 0 Å². The minimum Gasteiger partial charge on any atom is -0.494 e. The van der Waals surface area contributed by atoms with E-state index in [1.807, 2.05) is 61.5 Å². The van der Waals surface area contributed by atoms with Gasteiger partial charge >= 0.3 is 5.97 Å². The van der Waals surface area contributed by atoms with E-state index < -0.39 is 16.0 Å². The Morgan fingerprint density at radius 3 is 2.00 bits per heavy atom. The van der Waals surface area contributed by atoms with Crippen LogP contribution in [0.1, 0.15) is 34.8 Å². The second kappa shape index (κ2) is 10.2. The van der Waals surface area contributed by atoms with Crippen molar-refractivity contribution < 1.29 is 23.1 Å². The predicted octanol–water partition coefficient (Wildman–Crippen LogP) is 4.56. The minimum absolute atomic E-state index is 0.0382. The fourth-order valence-electron chi connectivity index (χ4n) is 3.05. The summed E-state index contributed by atoms with van der Waals surface area (Å²) in [5.41, 5.74) is 1.72. The quantitative estimate of drug-likeness (QED) is 0.500. The van der Waals surface area contributed by atoms with Crippen LogP contribution in [-0.4, -0.2) is 30.4 Å². The summed E-state index contributed by atoms with van der Waals surface area (Å²) in [6.07, 6.45) is 0.908. The van der Waals surface area contributed by atoms with E-state index >= 15 is 0 Å². The molecule has 0 aliphatic carbocycles. The van der Waals surface area contributed by atoms with Gasteiger partial charge in [-0.1, -0.05) is 49.4 Å². The molecule has 0 heterocycles. The van der Waals surface area contributed by atoms with Crippen LogP contribution in [0.25, 0.3) is 0 Å². The number of hydrogen-bond donors (Lipinski definition) is 1. The van der Waals surface area contributed by atoms with E-state index in [2.05, 4.69) is 0 Å². The summed E-state index contributed by atoms with van der Waals surface area (Å²) in [7, 11) is -3.86. The van der Waals surface area contributed by atoms with Crippen LogP contribution >= 0.6 is 0 Å². The average Bonchev–Trinajstić information content (AvgIpc) is 2.79. The summed E-state index contributed by atoms with van der Waals surface area (Å²) in [5.74, 6) is -0.359. The maximum absolute atomic E-state index is 13.4. The Bertz CT molecular complexity index is 1090. The number of rotatable bonds is 10. The van der Waals surface area contributed by atoms with Crippen molar-refractivity contribution in [1.82, 2.24) is 4.31 Å². The van der Waals surface area contributed by atoms with Crippen LogP contribution in [0.5, 0.6) is 5.75 Å². The number of benzene rings is 3. The molecule has 3 aromatic carbocycles. The Morgan fingerprint density at radius 2 is 1.45 bits per heavy atom. The van der Waals surface area contributed by atoms with E-state index in [1.165, 1.54) is 28.6 Å². The fourth-order valence-corrected chi connectivity index (χ4v) is 4.46. The zero-order chi connectivity index (χ0) is 22.3. The van der Waals surface area contributed by atoms with Gasteiger partial charge in [-0.2, -0.15) is 4.31 Å². The Balaban J connectivity index is 1.89. The molecule has 0 saturated carbocycles. The third kappa shape index (κ3) is 5.93. The van der Waals surface area contributed by atoms with Crippen molar-refractivity contribution in [3.8, 4) is 5.75 Å². The number of carboxylic acid groups (broad SMARTS) is 1. The lowest BCUT2D eigenvalue weighted by molar-refractivity contribution is 0.0696. The zero-order valence-corrected chi connectivity index (χ0v) is 18.1. The molecule has 31 heavy (non-hydrogen) atoms. The smallest absolute Gasteiger partial charge is 0.335 e. The first-order valence-electron chi connectivity index (χ1n) is 9.99. The topological polar surface area (TPSA) is 83.9 Å². The number of nitrogens with zero attached hydrogens (tertiary/aromatic N) is 1. The van der Waals surface area contributed by atoms with Gasteiger partial charge in [0.2, 0.25) is 10.0 Å². The molecule has 0 spiro atoms. The second-order valence-corrected chi connectivity index (χ2v) is 9.02. The molecule has 0 saturated heterocycles. The van der Waals surface area contributed by atoms with Crippen LogP contribution in [0.2, 0.25) is 0 Å². The van der Waals surface area contributed by atoms with Crippen LogP contribution in [-0.2, 0) is 23.1 Å². The van der Waals surface area contributed by atoms with Gasteiger partial charge in [-0.3, -0.25) is 0 Å². The molecule has 7 heteroatoms. The molecule has 0 radical (unpaired) electrons. The van der Waals surface area contributed by atoms with E-state index in [4.69, 9.17) is 9.84 Å². The first kappa shape index (κ1) is 22.5. The number of ether oxygens (including phenoxy) is 1. The molecule has 0 aliphatic heterocycles. The van der Waals surface area contributed by atoms with Gasteiger partial charge in [-0.05, 0) is 53.9 Å². The minimum atomic E-state index is -3.86. The van der Waals surface area contributed by atoms with Crippen molar-refractivity contribution in [3.63, 3.8) is 0 Å².